The molecule has 0 aromatic heterocycles. The number of aliphatic hydroxyl groups is 1. The van der Waals surface area contributed by atoms with E-state index in [0.29, 0.717) is 55.2 Å². The fourth-order valence-corrected chi connectivity index (χ4v) is 5.84. The van der Waals surface area contributed by atoms with Gasteiger partial charge in [-0.05, 0) is 66.9 Å². The summed E-state index contributed by atoms with van der Waals surface area (Å²) >= 11 is 0. The summed E-state index contributed by atoms with van der Waals surface area (Å²) in [6.45, 7) is 6.25. The number of hydrogen-bond donors (Lipinski definition) is 1. The zero-order valence-corrected chi connectivity index (χ0v) is 23.1. The molecule has 2 fully saturated rings. The molecular formula is C33H34N2O6. The summed E-state index contributed by atoms with van der Waals surface area (Å²) in [4.78, 5) is 30.9. The number of benzene rings is 3. The highest BCUT2D eigenvalue weighted by molar-refractivity contribution is 6.46. The molecule has 3 heterocycles. The van der Waals surface area contributed by atoms with E-state index in [-0.39, 0.29) is 17.4 Å². The highest BCUT2D eigenvalue weighted by Gasteiger charge is 2.46. The lowest BCUT2D eigenvalue weighted by Gasteiger charge is -2.29. The van der Waals surface area contributed by atoms with Gasteiger partial charge >= 0.3 is 0 Å². The summed E-state index contributed by atoms with van der Waals surface area (Å²) in [5.41, 5.74) is 2.25. The third-order valence-electron chi connectivity index (χ3n) is 7.84. The number of nitrogens with zero attached hydrogens (tertiary/aromatic N) is 2. The fraction of sp³-hybridized carbons (Fsp3) is 0.333. The summed E-state index contributed by atoms with van der Waals surface area (Å²) < 4.78 is 17.3. The maximum Gasteiger partial charge on any atom is 0.295 e. The van der Waals surface area contributed by atoms with Crippen LogP contribution in [0.15, 0.2) is 78.4 Å². The molecule has 212 valence electrons. The summed E-state index contributed by atoms with van der Waals surface area (Å²) in [5, 5.41) is 11.6. The molecule has 3 aliphatic heterocycles. The number of rotatable bonds is 8. The van der Waals surface area contributed by atoms with E-state index in [9.17, 15) is 14.7 Å². The van der Waals surface area contributed by atoms with Gasteiger partial charge in [-0.1, -0.05) is 30.3 Å². The van der Waals surface area contributed by atoms with E-state index in [4.69, 9.17) is 14.2 Å². The van der Waals surface area contributed by atoms with Crippen LogP contribution in [0.5, 0.6) is 17.2 Å². The minimum Gasteiger partial charge on any atom is -0.507 e. The van der Waals surface area contributed by atoms with Crippen LogP contribution in [0.3, 0.4) is 0 Å². The van der Waals surface area contributed by atoms with Crippen molar-refractivity contribution in [3.8, 4) is 17.2 Å². The van der Waals surface area contributed by atoms with Gasteiger partial charge in [-0.15, -0.1) is 0 Å². The average molecular weight is 555 g/mol. The van der Waals surface area contributed by atoms with Crippen LogP contribution >= 0.6 is 0 Å². The summed E-state index contributed by atoms with van der Waals surface area (Å²) in [5.74, 6) is 0.570. The maximum absolute atomic E-state index is 13.5. The molecule has 3 aromatic carbocycles. The highest BCUT2D eigenvalue weighted by atomic mass is 16.5. The Balaban J connectivity index is 1.35. The molecule has 0 bridgehead atoms. The van der Waals surface area contributed by atoms with Crippen LogP contribution in [0.1, 0.15) is 36.1 Å². The number of para-hydroxylation sites is 1. The number of ketones is 1. The first-order valence-electron chi connectivity index (χ1n) is 14.2. The Morgan fingerprint density at radius 1 is 0.951 bits per heavy atom. The molecule has 0 aliphatic carbocycles. The van der Waals surface area contributed by atoms with Crippen molar-refractivity contribution in [3.05, 3.63) is 95.1 Å². The average Bonchev–Trinajstić information content (AvgIpc) is 3.49. The lowest BCUT2D eigenvalue weighted by molar-refractivity contribution is -0.140. The van der Waals surface area contributed by atoms with Crippen LogP contribution in [0.4, 0.5) is 0 Å². The van der Waals surface area contributed by atoms with Crippen LogP contribution in [-0.4, -0.2) is 72.1 Å². The highest BCUT2D eigenvalue weighted by Crippen LogP contribution is 2.41. The number of ether oxygens (including phenoxy) is 3. The Labute approximate surface area is 239 Å². The molecule has 8 nitrogen and oxygen atoms in total. The van der Waals surface area contributed by atoms with Crippen LogP contribution < -0.4 is 9.47 Å². The van der Waals surface area contributed by atoms with Crippen molar-refractivity contribution >= 4 is 17.4 Å². The van der Waals surface area contributed by atoms with Gasteiger partial charge in [0.25, 0.3) is 11.7 Å². The fourth-order valence-electron chi connectivity index (χ4n) is 5.84. The predicted molar refractivity (Wildman–Crippen MR) is 154 cm³/mol. The quantitative estimate of drug-likeness (QED) is 0.240. The van der Waals surface area contributed by atoms with Gasteiger partial charge in [0.1, 0.15) is 29.1 Å². The largest absolute Gasteiger partial charge is 0.507 e. The second kappa shape index (κ2) is 11.8. The Morgan fingerprint density at radius 2 is 1.73 bits per heavy atom. The predicted octanol–water partition coefficient (Wildman–Crippen LogP) is 4.95. The molecule has 2 atom stereocenters. The first kappa shape index (κ1) is 27.1. The number of fused-ring (bicyclic) bond motifs is 1. The van der Waals surface area contributed by atoms with Crippen molar-refractivity contribution in [3.63, 3.8) is 0 Å². The number of likely N-dealkylation sites (tertiary alicyclic amines) is 1. The number of carbonyl (C=O) groups is 2. The number of carbonyl (C=O) groups excluding carboxylic acids is 2. The van der Waals surface area contributed by atoms with E-state index in [1.165, 1.54) is 0 Å². The smallest absolute Gasteiger partial charge is 0.295 e. The summed E-state index contributed by atoms with van der Waals surface area (Å²) in [7, 11) is 0. The Bertz CT molecular complexity index is 1460. The van der Waals surface area contributed by atoms with Crippen molar-refractivity contribution in [2.75, 3.05) is 39.4 Å². The molecule has 3 aromatic rings. The van der Waals surface area contributed by atoms with Crippen molar-refractivity contribution in [1.29, 1.82) is 0 Å². The lowest BCUT2D eigenvalue weighted by atomic mass is 9.94. The Morgan fingerprint density at radius 3 is 2.54 bits per heavy atom. The van der Waals surface area contributed by atoms with Gasteiger partial charge in [-0.2, -0.15) is 0 Å². The number of hydrogen-bond acceptors (Lipinski definition) is 7. The van der Waals surface area contributed by atoms with Gasteiger partial charge in [-0.3, -0.25) is 14.5 Å². The van der Waals surface area contributed by atoms with Gasteiger partial charge in [0.2, 0.25) is 0 Å². The minimum atomic E-state index is -0.748. The van der Waals surface area contributed by atoms with E-state index in [1.54, 1.807) is 11.0 Å². The minimum absolute atomic E-state index is 0.0480. The van der Waals surface area contributed by atoms with Gasteiger partial charge in [0, 0.05) is 38.2 Å². The molecule has 3 aliphatic rings. The zero-order chi connectivity index (χ0) is 28.3. The molecule has 41 heavy (non-hydrogen) atoms. The van der Waals surface area contributed by atoms with Crippen molar-refractivity contribution < 1.29 is 28.9 Å². The van der Waals surface area contributed by atoms with Crippen molar-refractivity contribution in [1.82, 2.24) is 9.80 Å². The SMILES string of the molecule is C[C@H]1Cc2cc(C(O)=C3C(=O)C(=O)N(CCCN4CCOCC4)[C@@H]3c3cccc(Oc4ccccc4)c3)ccc2O1. The number of aliphatic hydroxyl groups excluding tert-OH is 1. The topological polar surface area (TPSA) is 88.5 Å². The van der Waals surface area contributed by atoms with Gasteiger partial charge in [0.05, 0.1) is 24.8 Å². The first-order chi connectivity index (χ1) is 20.0. The van der Waals surface area contributed by atoms with E-state index in [1.807, 2.05) is 73.7 Å². The third-order valence-corrected chi connectivity index (χ3v) is 7.84. The maximum atomic E-state index is 13.5. The lowest BCUT2D eigenvalue weighted by Crippen LogP contribution is -2.38. The summed E-state index contributed by atoms with van der Waals surface area (Å²) in [6, 6.07) is 21.5. The molecule has 0 radical (unpaired) electrons. The van der Waals surface area contributed by atoms with E-state index in [2.05, 4.69) is 4.90 Å². The molecule has 0 saturated carbocycles. The van der Waals surface area contributed by atoms with E-state index in [0.717, 1.165) is 30.9 Å². The number of morpholine rings is 1. The van der Waals surface area contributed by atoms with Gasteiger partial charge in [-0.25, -0.2) is 0 Å². The van der Waals surface area contributed by atoms with Crippen molar-refractivity contribution in [2.45, 2.75) is 31.9 Å². The number of amides is 1. The monoisotopic (exact) mass is 554 g/mol. The van der Waals surface area contributed by atoms with Crippen LogP contribution in [-0.2, 0) is 20.7 Å². The first-order valence-corrected chi connectivity index (χ1v) is 14.2. The molecule has 0 spiro atoms. The van der Waals surface area contributed by atoms with Gasteiger partial charge in [0.15, 0.2) is 0 Å². The third kappa shape index (κ3) is 5.71. The zero-order valence-electron chi connectivity index (χ0n) is 23.1. The second-order valence-corrected chi connectivity index (χ2v) is 10.7. The normalized spacial score (nSPS) is 22.0. The second-order valence-electron chi connectivity index (χ2n) is 10.7. The molecule has 8 heteroatoms. The standard InChI is InChI=1S/C33H34N2O6/c1-22-19-25-20-24(11-12-28(25)40-22)31(36)29-30(23-7-5-10-27(21-23)41-26-8-3-2-4-9-26)35(33(38)32(29)37)14-6-13-34-15-17-39-18-16-34/h2-5,7-12,20-22,30,36H,6,13-19H2,1H3/t22-,30+/m0/s1. The van der Waals surface area contributed by atoms with E-state index < -0.39 is 17.7 Å². The Kier molecular flexibility index (Phi) is 7.76. The van der Waals surface area contributed by atoms with Crippen LogP contribution in [0.2, 0.25) is 0 Å². The van der Waals surface area contributed by atoms with Crippen LogP contribution in [0, 0.1) is 0 Å². The summed E-state index contributed by atoms with van der Waals surface area (Å²) in [6.07, 6.45) is 1.46. The van der Waals surface area contributed by atoms with Crippen LogP contribution in [0.25, 0.3) is 5.76 Å². The molecule has 0 unspecified atom stereocenters. The molecule has 6 rings (SSSR count). The van der Waals surface area contributed by atoms with Gasteiger partial charge < -0.3 is 24.2 Å². The Hall–Kier alpha value is -4.14. The number of Topliss-reactive ketones (excluding diaryl/α,β-unsaturated/α-hetero) is 1. The molecule has 1 amide bonds. The molecular weight excluding hydrogens is 520 g/mol. The van der Waals surface area contributed by atoms with Crippen molar-refractivity contribution in [2.24, 2.45) is 0 Å². The molecule has 1 N–H and O–H groups in total. The van der Waals surface area contributed by atoms with E-state index >= 15 is 0 Å². The molecule has 2 saturated heterocycles.